The number of hydrogen-bond acceptors (Lipinski definition) is 11. The number of pyridine rings is 1. The summed E-state index contributed by atoms with van der Waals surface area (Å²) in [6.45, 7) is 12.7. The highest BCUT2D eigenvalue weighted by Gasteiger charge is 2.29. The van der Waals surface area contributed by atoms with E-state index in [-0.39, 0.29) is 54.1 Å². The molecule has 2 aliphatic heterocycles. The first-order chi connectivity index (χ1) is 24.4. The van der Waals surface area contributed by atoms with Crippen molar-refractivity contribution in [2.75, 3.05) is 56.9 Å². The topological polar surface area (TPSA) is 171 Å². The van der Waals surface area contributed by atoms with E-state index in [2.05, 4.69) is 26.3 Å². The van der Waals surface area contributed by atoms with Crippen LogP contribution in [-0.2, 0) is 26.5 Å². The van der Waals surface area contributed by atoms with Crippen LogP contribution in [0.25, 0.3) is 11.3 Å². The van der Waals surface area contributed by atoms with E-state index in [1.807, 2.05) is 48.8 Å². The molecule has 0 atom stereocenters. The van der Waals surface area contributed by atoms with Crippen molar-refractivity contribution in [3.8, 4) is 17.3 Å². The van der Waals surface area contributed by atoms with Gasteiger partial charge < -0.3 is 25.6 Å². The number of anilines is 2. The van der Waals surface area contributed by atoms with E-state index in [1.165, 1.54) is 18.7 Å². The summed E-state index contributed by atoms with van der Waals surface area (Å²) in [5.74, 6) is 1.08. The molecular weight excluding hydrogens is 737 g/mol. The van der Waals surface area contributed by atoms with Crippen molar-refractivity contribution in [3.05, 3.63) is 59.4 Å². The number of aromatic nitrogens is 3. The summed E-state index contributed by atoms with van der Waals surface area (Å²) < 4.78 is 5.52. The Morgan fingerprint density at radius 2 is 1.60 bits per heavy atom. The van der Waals surface area contributed by atoms with Crippen LogP contribution in [0.2, 0.25) is 0 Å². The number of aryl methyl sites for hydroxylation is 1. The molecule has 3 aromatic rings. The molecule has 3 amide bonds. The number of hydrogen-bond donors (Lipinski definition) is 2. The highest BCUT2D eigenvalue weighted by molar-refractivity contribution is 7.98. The number of piperazine rings is 1. The van der Waals surface area contributed by atoms with Crippen LogP contribution >= 0.6 is 36.6 Å². The Labute approximate surface area is 328 Å². The Bertz CT molecular complexity index is 1750. The minimum atomic E-state index is -0.482. The van der Waals surface area contributed by atoms with E-state index < -0.39 is 5.60 Å². The van der Waals surface area contributed by atoms with Crippen molar-refractivity contribution >= 4 is 66.0 Å². The largest absolute Gasteiger partial charge is 0.444 e. The van der Waals surface area contributed by atoms with Crippen LogP contribution in [0.1, 0.15) is 63.9 Å². The first-order valence-electron chi connectivity index (χ1n) is 17.4. The number of nitrogens with one attached hydrogen (secondary N) is 1. The first kappa shape index (κ1) is 43.2. The van der Waals surface area contributed by atoms with Gasteiger partial charge in [0.2, 0.25) is 11.8 Å². The Balaban J connectivity index is 0.00000378. The highest BCUT2D eigenvalue weighted by atomic mass is 35.5. The van der Waals surface area contributed by atoms with E-state index in [0.717, 1.165) is 70.0 Å². The second-order valence-corrected chi connectivity index (χ2v) is 14.9. The average Bonchev–Trinajstić information content (AvgIpc) is 3.09. The maximum Gasteiger partial charge on any atom is 0.410 e. The molecule has 0 radical (unpaired) electrons. The van der Waals surface area contributed by atoms with Gasteiger partial charge in [-0.05, 0) is 70.2 Å². The number of nitrogens with two attached hydrogens (primary N) is 1. The maximum absolute atomic E-state index is 13.1. The molecule has 16 heteroatoms. The number of carbonyl (C=O) groups is 3. The van der Waals surface area contributed by atoms with E-state index in [1.54, 1.807) is 24.3 Å². The van der Waals surface area contributed by atoms with Gasteiger partial charge in [-0.25, -0.2) is 14.8 Å². The van der Waals surface area contributed by atoms with Gasteiger partial charge in [0.15, 0.2) is 5.16 Å². The molecule has 5 rings (SSSR count). The van der Waals surface area contributed by atoms with Crippen LogP contribution in [0.15, 0.2) is 47.6 Å². The number of nitrogen functional groups attached to an aromatic ring is 1. The monoisotopic (exact) mass is 785 g/mol. The second kappa shape index (κ2) is 19.8. The SMILES string of the molecule is CC(=O)Nc1ccc(-c2nc(SCc3cccc(CCC(=O)N4CCN(CC5CCN(C(=O)OC(C)(C)C)CC5)CC4)n3)nc(N)c2C#N)cc1.Cl.Cl. The number of thioether (sulfide) groups is 1. The molecule has 2 aromatic heterocycles. The molecule has 0 spiro atoms. The summed E-state index contributed by atoms with van der Waals surface area (Å²) in [5, 5.41) is 12.9. The fraction of sp³-hybridized carbons (Fsp3) is 0.486. The molecule has 4 heterocycles. The third-order valence-corrected chi connectivity index (χ3v) is 9.70. The van der Waals surface area contributed by atoms with Crippen LogP contribution in [0, 0.1) is 17.2 Å². The van der Waals surface area contributed by atoms with Crippen molar-refractivity contribution in [1.29, 1.82) is 5.26 Å². The third kappa shape index (κ3) is 12.7. The Morgan fingerprint density at radius 1 is 0.943 bits per heavy atom. The molecule has 0 bridgehead atoms. The lowest BCUT2D eigenvalue weighted by molar-refractivity contribution is -0.133. The molecule has 2 saturated heterocycles. The normalized spacial score (nSPS) is 15.1. The molecule has 0 aliphatic carbocycles. The number of amides is 3. The predicted octanol–water partition coefficient (Wildman–Crippen LogP) is 5.81. The van der Waals surface area contributed by atoms with Gasteiger partial charge in [0.25, 0.3) is 0 Å². The maximum atomic E-state index is 13.1. The molecule has 2 fully saturated rings. The fourth-order valence-electron chi connectivity index (χ4n) is 6.21. The van der Waals surface area contributed by atoms with Gasteiger partial charge in [-0.1, -0.05) is 30.0 Å². The van der Waals surface area contributed by atoms with E-state index in [9.17, 15) is 19.6 Å². The summed E-state index contributed by atoms with van der Waals surface area (Å²) in [6, 6.07) is 14.9. The van der Waals surface area contributed by atoms with Crippen LogP contribution in [-0.4, -0.2) is 99.0 Å². The number of nitrogens with zero attached hydrogens (tertiary/aromatic N) is 7. The summed E-state index contributed by atoms with van der Waals surface area (Å²) in [7, 11) is 0. The Morgan fingerprint density at radius 3 is 2.23 bits per heavy atom. The number of ether oxygens (including phenoxy) is 1. The van der Waals surface area contributed by atoms with E-state index in [4.69, 9.17) is 15.5 Å². The van der Waals surface area contributed by atoms with Gasteiger partial charge in [-0.3, -0.25) is 19.5 Å². The van der Waals surface area contributed by atoms with E-state index in [0.29, 0.717) is 46.6 Å². The molecule has 0 saturated carbocycles. The van der Waals surface area contributed by atoms with Gasteiger partial charge in [0.1, 0.15) is 23.1 Å². The van der Waals surface area contributed by atoms with Crippen LogP contribution in [0.3, 0.4) is 0 Å². The van der Waals surface area contributed by atoms with Gasteiger partial charge in [0.05, 0.1) is 11.4 Å². The van der Waals surface area contributed by atoms with Crippen molar-refractivity contribution in [1.82, 2.24) is 29.7 Å². The zero-order valence-electron chi connectivity index (χ0n) is 30.7. The van der Waals surface area contributed by atoms with Gasteiger partial charge >= 0.3 is 6.09 Å². The third-order valence-electron chi connectivity index (χ3n) is 8.82. The fourth-order valence-corrected chi connectivity index (χ4v) is 6.96. The zero-order valence-corrected chi connectivity index (χ0v) is 33.1. The molecule has 53 heavy (non-hydrogen) atoms. The smallest absolute Gasteiger partial charge is 0.410 e. The molecule has 286 valence electrons. The second-order valence-electron chi connectivity index (χ2n) is 14.0. The number of rotatable bonds is 10. The van der Waals surface area contributed by atoms with Crippen molar-refractivity contribution in [2.45, 2.75) is 69.9 Å². The van der Waals surface area contributed by atoms with Crippen LogP contribution in [0.4, 0.5) is 16.3 Å². The van der Waals surface area contributed by atoms with Crippen molar-refractivity contribution in [3.63, 3.8) is 0 Å². The van der Waals surface area contributed by atoms with E-state index >= 15 is 0 Å². The lowest BCUT2D eigenvalue weighted by Gasteiger charge is -2.39. The molecule has 0 unspecified atom stereocenters. The Hall–Kier alpha value is -4.16. The number of carbonyl (C=O) groups excluding carboxylic acids is 3. The van der Waals surface area contributed by atoms with Crippen molar-refractivity contribution in [2.24, 2.45) is 5.92 Å². The summed E-state index contributed by atoms with van der Waals surface area (Å²) in [4.78, 5) is 56.9. The molecular formula is C37H49Cl2N9O4S. The summed E-state index contributed by atoms with van der Waals surface area (Å²) in [5.41, 5.74) is 9.27. The average molecular weight is 787 g/mol. The molecule has 1 aromatic carbocycles. The molecule has 3 N–H and O–H groups in total. The van der Waals surface area contributed by atoms with Crippen molar-refractivity contribution < 1.29 is 19.1 Å². The predicted molar refractivity (Wildman–Crippen MR) is 211 cm³/mol. The minimum Gasteiger partial charge on any atom is -0.444 e. The lowest BCUT2D eigenvalue weighted by atomic mass is 9.96. The van der Waals surface area contributed by atoms with Crippen LogP contribution < -0.4 is 11.1 Å². The lowest BCUT2D eigenvalue weighted by Crippen LogP contribution is -2.51. The standard InChI is InChI=1S/C37H47N9O4S.2ClH/c1-25(47)40-29-10-8-27(9-11-29)33-31(22-38)34(39)43-35(42-33)51-24-30-7-5-6-28(41-30)12-13-32(48)45-20-18-44(19-21-45)23-26-14-16-46(17-15-26)36(49)50-37(2,3)4;;/h5-11,26H,12-21,23-24H2,1-4H3,(H,40,47)(H2,39,42,43);2*1H. The molecule has 2 aliphatic rings. The highest BCUT2D eigenvalue weighted by Crippen LogP contribution is 2.30. The van der Waals surface area contributed by atoms with Gasteiger partial charge in [-0.15, -0.1) is 24.8 Å². The molecule has 13 nitrogen and oxygen atoms in total. The quantitative estimate of drug-likeness (QED) is 0.188. The van der Waals surface area contributed by atoms with Gasteiger partial charge in [0, 0.05) is 81.9 Å². The Kier molecular flexibility index (Phi) is 16.1. The van der Waals surface area contributed by atoms with Gasteiger partial charge in [-0.2, -0.15) is 5.26 Å². The number of piperidine rings is 1. The summed E-state index contributed by atoms with van der Waals surface area (Å²) in [6.07, 6.45) is 2.65. The summed E-state index contributed by atoms with van der Waals surface area (Å²) >= 11 is 1.36. The number of benzene rings is 1. The minimum absolute atomic E-state index is 0. The zero-order chi connectivity index (χ0) is 36.5. The number of likely N-dealkylation sites (tertiary alicyclic amines) is 1. The first-order valence-corrected chi connectivity index (χ1v) is 18.4. The number of halogens is 2. The van der Waals surface area contributed by atoms with Crippen LogP contribution in [0.5, 0.6) is 0 Å². The number of nitriles is 1.